The number of fused-ring (bicyclic) bond motifs is 1. The molecule has 96 valence electrons. The van der Waals surface area contributed by atoms with E-state index in [4.69, 9.17) is 4.74 Å². The van der Waals surface area contributed by atoms with Crippen molar-refractivity contribution in [2.45, 2.75) is 31.4 Å². The van der Waals surface area contributed by atoms with E-state index in [1.807, 2.05) is 18.4 Å². The van der Waals surface area contributed by atoms with Gasteiger partial charge in [-0.1, -0.05) is 18.2 Å². The molecule has 3 rings (SSSR count). The number of ether oxygens (including phenoxy) is 1. The molecule has 2 nitrogen and oxygen atoms in total. The van der Waals surface area contributed by atoms with Crippen molar-refractivity contribution in [1.29, 1.82) is 0 Å². The molecule has 0 spiro atoms. The van der Waals surface area contributed by atoms with Crippen LogP contribution < -0.4 is 5.32 Å². The topological polar surface area (TPSA) is 21.3 Å². The van der Waals surface area contributed by atoms with Gasteiger partial charge in [-0.2, -0.15) is 0 Å². The first-order chi connectivity index (χ1) is 8.88. The summed E-state index contributed by atoms with van der Waals surface area (Å²) in [5.74, 6) is 0. The normalized spacial score (nSPS) is 21.5. The van der Waals surface area contributed by atoms with E-state index in [-0.39, 0.29) is 0 Å². The second-order valence-electron chi connectivity index (χ2n) is 4.90. The van der Waals surface area contributed by atoms with Gasteiger partial charge < -0.3 is 10.1 Å². The molecule has 1 aliphatic heterocycles. The smallest absolute Gasteiger partial charge is 0.0594 e. The fraction of sp³-hybridized carbons (Fsp3) is 0.467. The van der Waals surface area contributed by atoms with E-state index in [1.54, 1.807) is 0 Å². The summed E-state index contributed by atoms with van der Waals surface area (Å²) in [6, 6.07) is 9.06. The maximum atomic E-state index is 5.76. The third-order valence-electron chi connectivity index (χ3n) is 3.76. The summed E-state index contributed by atoms with van der Waals surface area (Å²) >= 11 is 1.83. The van der Waals surface area contributed by atoms with Crippen molar-refractivity contribution in [2.75, 3.05) is 13.7 Å². The molecule has 2 atom stereocenters. The average Bonchev–Trinajstić information content (AvgIpc) is 3.05. The molecular weight excluding hydrogens is 242 g/mol. The van der Waals surface area contributed by atoms with Crippen molar-refractivity contribution in [2.24, 2.45) is 0 Å². The molecule has 1 fully saturated rings. The fourth-order valence-electron chi connectivity index (χ4n) is 2.76. The van der Waals surface area contributed by atoms with Gasteiger partial charge in [-0.3, -0.25) is 0 Å². The summed E-state index contributed by atoms with van der Waals surface area (Å²) in [4.78, 5) is 0. The average molecular weight is 261 g/mol. The number of benzene rings is 1. The molecule has 1 aromatic heterocycles. The minimum Gasteiger partial charge on any atom is -0.378 e. The molecule has 1 saturated heterocycles. The Morgan fingerprint density at radius 3 is 3.11 bits per heavy atom. The second kappa shape index (κ2) is 5.39. The van der Waals surface area contributed by atoms with Crippen LogP contribution in [0.1, 0.15) is 30.9 Å². The standard InChI is InChI=1S/C15H19NOS/c1-16-14(9-11-5-4-8-17-11)13-10-18-15-7-3-2-6-12(13)15/h2-3,6-7,10-11,14,16H,4-5,8-9H2,1H3. The van der Waals surface area contributed by atoms with Crippen LogP contribution >= 0.6 is 11.3 Å². The molecule has 0 radical (unpaired) electrons. The van der Waals surface area contributed by atoms with E-state index in [0.29, 0.717) is 12.1 Å². The molecule has 0 amide bonds. The molecule has 0 bridgehead atoms. The zero-order valence-corrected chi connectivity index (χ0v) is 11.5. The Hall–Kier alpha value is -0.900. The highest BCUT2D eigenvalue weighted by Gasteiger charge is 2.22. The van der Waals surface area contributed by atoms with Gasteiger partial charge in [0.05, 0.1) is 6.10 Å². The lowest BCUT2D eigenvalue weighted by Crippen LogP contribution is -2.21. The molecule has 18 heavy (non-hydrogen) atoms. The van der Waals surface area contributed by atoms with Gasteiger partial charge >= 0.3 is 0 Å². The Labute approximate surface area is 112 Å². The highest BCUT2D eigenvalue weighted by atomic mass is 32.1. The lowest BCUT2D eigenvalue weighted by Gasteiger charge is -2.19. The van der Waals surface area contributed by atoms with Crippen molar-refractivity contribution in [3.63, 3.8) is 0 Å². The minimum atomic E-state index is 0.407. The van der Waals surface area contributed by atoms with Gasteiger partial charge in [0.25, 0.3) is 0 Å². The third-order valence-corrected chi connectivity index (χ3v) is 4.74. The molecule has 2 heterocycles. The van der Waals surface area contributed by atoms with Gasteiger partial charge in [0.15, 0.2) is 0 Å². The number of thiophene rings is 1. The molecule has 3 heteroatoms. The van der Waals surface area contributed by atoms with E-state index in [0.717, 1.165) is 13.0 Å². The lowest BCUT2D eigenvalue weighted by atomic mass is 9.99. The number of rotatable bonds is 4. The summed E-state index contributed by atoms with van der Waals surface area (Å²) < 4.78 is 7.13. The SMILES string of the molecule is CNC(CC1CCCO1)c1csc2ccccc12. The zero-order chi connectivity index (χ0) is 12.4. The van der Waals surface area contributed by atoms with Gasteiger partial charge in [0.2, 0.25) is 0 Å². The highest BCUT2D eigenvalue weighted by molar-refractivity contribution is 7.17. The van der Waals surface area contributed by atoms with Gasteiger partial charge in [-0.15, -0.1) is 11.3 Å². The summed E-state index contributed by atoms with van der Waals surface area (Å²) in [6.45, 7) is 0.936. The molecule has 0 aliphatic carbocycles. The first kappa shape index (κ1) is 12.2. The maximum absolute atomic E-state index is 5.76. The van der Waals surface area contributed by atoms with E-state index < -0.39 is 0 Å². The van der Waals surface area contributed by atoms with Gasteiger partial charge in [0.1, 0.15) is 0 Å². The molecule has 1 aromatic carbocycles. The molecule has 0 saturated carbocycles. The van der Waals surface area contributed by atoms with Crippen LogP contribution in [0.2, 0.25) is 0 Å². The summed E-state index contributed by atoms with van der Waals surface area (Å²) in [7, 11) is 2.05. The molecule has 1 N–H and O–H groups in total. The number of hydrogen-bond donors (Lipinski definition) is 1. The van der Waals surface area contributed by atoms with Crippen LogP contribution in [0.4, 0.5) is 0 Å². The predicted octanol–water partition coefficient (Wildman–Crippen LogP) is 3.73. The molecule has 2 aromatic rings. The van der Waals surface area contributed by atoms with Crippen LogP contribution in [-0.2, 0) is 4.74 Å². The van der Waals surface area contributed by atoms with Crippen molar-refractivity contribution < 1.29 is 4.74 Å². The Morgan fingerprint density at radius 2 is 2.33 bits per heavy atom. The number of hydrogen-bond acceptors (Lipinski definition) is 3. The van der Waals surface area contributed by atoms with Crippen molar-refractivity contribution in [3.8, 4) is 0 Å². The van der Waals surface area contributed by atoms with E-state index in [2.05, 4.69) is 35.0 Å². The Morgan fingerprint density at radius 1 is 1.44 bits per heavy atom. The van der Waals surface area contributed by atoms with Crippen LogP contribution in [0.15, 0.2) is 29.6 Å². The third kappa shape index (κ3) is 2.30. The fourth-order valence-corrected chi connectivity index (χ4v) is 3.78. The Bertz CT molecular complexity index is 516. The van der Waals surface area contributed by atoms with Gasteiger partial charge in [0, 0.05) is 17.3 Å². The van der Waals surface area contributed by atoms with Crippen LogP contribution in [0.3, 0.4) is 0 Å². The largest absolute Gasteiger partial charge is 0.378 e. The minimum absolute atomic E-state index is 0.407. The van der Waals surface area contributed by atoms with Crippen LogP contribution in [0.5, 0.6) is 0 Å². The highest BCUT2D eigenvalue weighted by Crippen LogP contribution is 2.33. The van der Waals surface area contributed by atoms with Crippen LogP contribution in [0.25, 0.3) is 10.1 Å². The molecule has 1 aliphatic rings. The first-order valence-electron chi connectivity index (χ1n) is 6.63. The van der Waals surface area contributed by atoms with E-state index in [1.165, 1.54) is 28.5 Å². The van der Waals surface area contributed by atoms with Crippen molar-refractivity contribution in [1.82, 2.24) is 5.32 Å². The quantitative estimate of drug-likeness (QED) is 0.905. The predicted molar refractivity (Wildman–Crippen MR) is 77.2 cm³/mol. The maximum Gasteiger partial charge on any atom is 0.0594 e. The van der Waals surface area contributed by atoms with Crippen LogP contribution in [-0.4, -0.2) is 19.8 Å². The van der Waals surface area contributed by atoms with Crippen LogP contribution in [0, 0.1) is 0 Å². The van der Waals surface area contributed by atoms with E-state index in [9.17, 15) is 0 Å². The van der Waals surface area contributed by atoms with E-state index >= 15 is 0 Å². The Balaban J connectivity index is 1.86. The zero-order valence-electron chi connectivity index (χ0n) is 10.7. The monoisotopic (exact) mass is 261 g/mol. The van der Waals surface area contributed by atoms with Crippen molar-refractivity contribution in [3.05, 3.63) is 35.2 Å². The summed E-state index contributed by atoms with van der Waals surface area (Å²) in [5.41, 5.74) is 1.42. The van der Waals surface area contributed by atoms with Gasteiger partial charge in [-0.25, -0.2) is 0 Å². The van der Waals surface area contributed by atoms with Gasteiger partial charge in [-0.05, 0) is 48.7 Å². The summed E-state index contributed by atoms with van der Waals surface area (Å²) in [5, 5.41) is 7.13. The lowest BCUT2D eigenvalue weighted by molar-refractivity contribution is 0.0955. The summed E-state index contributed by atoms with van der Waals surface area (Å²) in [6.07, 6.45) is 3.93. The van der Waals surface area contributed by atoms with Crippen molar-refractivity contribution >= 4 is 21.4 Å². The Kier molecular flexibility index (Phi) is 3.64. The number of nitrogens with one attached hydrogen (secondary N) is 1. The first-order valence-corrected chi connectivity index (χ1v) is 7.51. The second-order valence-corrected chi connectivity index (χ2v) is 5.81. The molecular formula is C15H19NOS. The molecule has 2 unspecified atom stereocenters.